The largest absolute Gasteiger partial charge is 0.477 e. The topological polar surface area (TPSA) is 83.4 Å². The highest BCUT2D eigenvalue weighted by Crippen LogP contribution is 2.47. The molecule has 3 heterocycles. The number of thiophene rings is 1. The predicted octanol–water partition coefficient (Wildman–Crippen LogP) is 4.84. The number of piperazine rings is 1. The molecule has 0 aliphatic carbocycles. The quantitative estimate of drug-likeness (QED) is 0.482. The second-order valence-electron chi connectivity index (χ2n) is 9.66. The minimum atomic E-state index is -4.11. The van der Waals surface area contributed by atoms with Gasteiger partial charge in [-0.05, 0) is 45.9 Å². The summed E-state index contributed by atoms with van der Waals surface area (Å²) in [5, 5.41) is 4.65. The number of amidine groups is 1. The highest BCUT2D eigenvalue weighted by Gasteiger charge is 2.36. The van der Waals surface area contributed by atoms with E-state index in [1.807, 2.05) is 25.2 Å². The first-order valence-electron chi connectivity index (χ1n) is 10.8. The summed E-state index contributed by atoms with van der Waals surface area (Å²) in [5.41, 5.74) is 2.30. The summed E-state index contributed by atoms with van der Waals surface area (Å²) in [4.78, 5) is 18.6. The molecule has 1 atom stereocenters. The van der Waals surface area contributed by atoms with Crippen LogP contribution in [0.1, 0.15) is 31.2 Å². The van der Waals surface area contributed by atoms with Crippen LogP contribution in [0.2, 0.25) is 0 Å². The number of nitrogens with one attached hydrogen (secondary N) is 1. The molecular weight excluding hydrogens is 447 g/mol. The molecule has 1 unspecified atom stereocenters. The number of quaternary nitrogens is 1. The number of rotatable bonds is 4. The van der Waals surface area contributed by atoms with Crippen molar-refractivity contribution in [1.82, 2.24) is 4.90 Å². The van der Waals surface area contributed by atoms with E-state index in [9.17, 15) is 9.46 Å². The van der Waals surface area contributed by atoms with Crippen molar-refractivity contribution in [1.29, 1.82) is 0 Å². The monoisotopic (exact) mass is 479 g/mol. The van der Waals surface area contributed by atoms with Gasteiger partial charge in [0.2, 0.25) is 0 Å². The van der Waals surface area contributed by atoms with Crippen LogP contribution in [-0.4, -0.2) is 65.7 Å². The molecule has 1 saturated heterocycles. The summed E-state index contributed by atoms with van der Waals surface area (Å²) in [6.07, 6.45) is 0. The zero-order chi connectivity index (χ0) is 23.1. The number of hydrogen-bond donors (Lipinski definition) is 2. The maximum absolute atomic E-state index is 12.3. The van der Waals surface area contributed by atoms with E-state index in [1.54, 1.807) is 32.1 Å². The molecule has 1 fully saturated rings. The van der Waals surface area contributed by atoms with E-state index in [4.69, 9.17) is 14.0 Å². The zero-order valence-electron chi connectivity index (χ0n) is 19.3. The van der Waals surface area contributed by atoms with E-state index in [0.717, 1.165) is 54.0 Å². The fraction of sp³-hybridized carbons (Fsp3) is 0.500. The van der Waals surface area contributed by atoms with Gasteiger partial charge in [0.1, 0.15) is 10.8 Å². The Morgan fingerprint density at radius 3 is 2.66 bits per heavy atom. The Balaban J connectivity index is 1.49. The number of aryl methyl sites for hydroxylation is 1. The number of phosphoric ester groups is 1. The molecule has 2 aliphatic heterocycles. The molecule has 2 aliphatic rings. The van der Waals surface area contributed by atoms with Gasteiger partial charge in [-0.25, -0.2) is 14.1 Å². The van der Waals surface area contributed by atoms with Gasteiger partial charge in [0.05, 0.1) is 55.8 Å². The molecule has 8 nitrogen and oxygen atoms in total. The number of fused-ring (bicyclic) bond motifs is 2. The van der Waals surface area contributed by atoms with Crippen LogP contribution in [0.5, 0.6) is 0 Å². The lowest BCUT2D eigenvalue weighted by Crippen LogP contribution is -2.59. The lowest BCUT2D eigenvalue weighted by Gasteiger charge is -2.42. The van der Waals surface area contributed by atoms with E-state index < -0.39 is 13.4 Å². The standard InChI is InChI=1S/C22H31N4O4PS/c1-16-14-17-20(23-18-8-6-7-9-19(18)24-21(17)32-16)25-10-12-26(5,13-11-25)15-29-31(27,28)30-22(2,3)4/h6-9,14,24H,10-13,15H2,1-5H3/p+1. The maximum atomic E-state index is 12.3. The van der Waals surface area contributed by atoms with Gasteiger partial charge in [0.25, 0.3) is 0 Å². The molecular formula is C22H32N4O4PS+. The molecule has 4 rings (SSSR count). The SMILES string of the molecule is Cc1cc2c(s1)Nc1ccccc1N=C2N1CC[N+](C)(COP(=O)(O)OC(C)(C)C)CC1. The second kappa shape index (κ2) is 8.56. The summed E-state index contributed by atoms with van der Waals surface area (Å²) in [5.74, 6) is 0.970. The Morgan fingerprint density at radius 1 is 1.28 bits per heavy atom. The lowest BCUT2D eigenvalue weighted by atomic mass is 10.2. The van der Waals surface area contributed by atoms with Crippen LogP contribution in [0.4, 0.5) is 16.4 Å². The Labute approximate surface area is 193 Å². The molecule has 0 spiro atoms. The highest BCUT2D eigenvalue weighted by molar-refractivity contribution is 7.47. The van der Waals surface area contributed by atoms with Crippen molar-refractivity contribution in [2.75, 3.05) is 45.3 Å². The Hall–Kier alpha value is -1.74. The smallest absolute Gasteiger partial charge is 0.345 e. The van der Waals surface area contributed by atoms with Crippen molar-refractivity contribution in [3.63, 3.8) is 0 Å². The van der Waals surface area contributed by atoms with Gasteiger partial charge in [-0.15, -0.1) is 11.3 Å². The summed E-state index contributed by atoms with van der Waals surface area (Å²) in [6, 6.07) is 10.3. The molecule has 0 radical (unpaired) electrons. The lowest BCUT2D eigenvalue weighted by molar-refractivity contribution is -0.928. The first-order chi connectivity index (χ1) is 14.9. The molecule has 1 aromatic heterocycles. The maximum Gasteiger partial charge on any atom is 0.477 e. The van der Waals surface area contributed by atoms with E-state index in [-0.39, 0.29) is 6.73 Å². The van der Waals surface area contributed by atoms with Crippen LogP contribution < -0.4 is 5.32 Å². The van der Waals surface area contributed by atoms with Gasteiger partial charge in [-0.1, -0.05) is 12.1 Å². The first-order valence-corrected chi connectivity index (χ1v) is 13.1. The van der Waals surface area contributed by atoms with Crippen LogP contribution in [0.3, 0.4) is 0 Å². The molecule has 32 heavy (non-hydrogen) atoms. The average Bonchev–Trinajstić information content (AvgIpc) is 2.97. The molecule has 0 bridgehead atoms. The summed E-state index contributed by atoms with van der Waals surface area (Å²) >= 11 is 1.73. The van der Waals surface area contributed by atoms with Gasteiger partial charge in [0, 0.05) is 4.88 Å². The van der Waals surface area contributed by atoms with Gasteiger partial charge < -0.3 is 19.6 Å². The molecule has 2 N–H and O–H groups in total. The Bertz CT molecular complexity index is 1070. The van der Waals surface area contributed by atoms with Crippen molar-refractivity contribution < 1.29 is 23.0 Å². The van der Waals surface area contributed by atoms with Crippen molar-refractivity contribution >= 4 is 41.4 Å². The fourth-order valence-corrected chi connectivity index (χ4v) is 5.95. The van der Waals surface area contributed by atoms with Crippen LogP contribution in [0.15, 0.2) is 35.3 Å². The fourth-order valence-electron chi connectivity index (χ4n) is 3.86. The van der Waals surface area contributed by atoms with Crippen molar-refractivity contribution in [3.8, 4) is 0 Å². The molecule has 10 heteroatoms. The number of likely N-dealkylation sites (N-methyl/N-ethyl adjacent to an activating group) is 1. The second-order valence-corrected chi connectivity index (χ2v) is 12.3. The molecule has 0 saturated carbocycles. The number of aliphatic imine (C=N–C) groups is 1. The first kappa shape index (κ1) is 23.4. The van der Waals surface area contributed by atoms with E-state index in [1.165, 1.54) is 4.88 Å². The minimum Gasteiger partial charge on any atom is -0.345 e. The van der Waals surface area contributed by atoms with E-state index in [2.05, 4.69) is 29.3 Å². The molecule has 1 aromatic carbocycles. The summed E-state index contributed by atoms with van der Waals surface area (Å²) in [6.45, 7) is 10.5. The Morgan fingerprint density at radius 2 is 1.97 bits per heavy atom. The van der Waals surface area contributed by atoms with Gasteiger partial charge >= 0.3 is 7.82 Å². The predicted molar refractivity (Wildman–Crippen MR) is 129 cm³/mol. The number of benzene rings is 1. The van der Waals surface area contributed by atoms with E-state index >= 15 is 0 Å². The third-order valence-electron chi connectivity index (χ3n) is 5.52. The van der Waals surface area contributed by atoms with Gasteiger partial charge in [-0.2, -0.15) is 0 Å². The van der Waals surface area contributed by atoms with Crippen molar-refractivity contribution in [3.05, 3.63) is 40.8 Å². The van der Waals surface area contributed by atoms with Crippen LogP contribution in [0.25, 0.3) is 0 Å². The number of hydrogen-bond acceptors (Lipinski definition) is 7. The number of nitrogens with zero attached hydrogens (tertiary/aromatic N) is 3. The van der Waals surface area contributed by atoms with E-state index in [0.29, 0.717) is 4.48 Å². The third-order valence-corrected chi connectivity index (χ3v) is 7.70. The van der Waals surface area contributed by atoms with Gasteiger partial charge in [-0.3, -0.25) is 4.52 Å². The normalized spacial score (nSPS) is 19.8. The molecule has 0 amide bonds. The van der Waals surface area contributed by atoms with Crippen molar-refractivity contribution in [2.24, 2.45) is 4.99 Å². The molecule has 174 valence electrons. The minimum absolute atomic E-state index is 0.122. The third kappa shape index (κ3) is 5.42. The number of para-hydroxylation sites is 2. The molecule has 2 aromatic rings. The summed E-state index contributed by atoms with van der Waals surface area (Å²) < 4.78 is 23.4. The van der Waals surface area contributed by atoms with Crippen LogP contribution in [-0.2, 0) is 13.6 Å². The Kier molecular flexibility index (Phi) is 6.26. The summed E-state index contributed by atoms with van der Waals surface area (Å²) in [7, 11) is -2.07. The number of anilines is 2. The van der Waals surface area contributed by atoms with Gasteiger partial charge in [0.15, 0.2) is 6.73 Å². The number of phosphoric acid groups is 1. The highest BCUT2D eigenvalue weighted by atomic mass is 32.1. The van der Waals surface area contributed by atoms with Crippen molar-refractivity contribution in [2.45, 2.75) is 33.3 Å². The van der Waals surface area contributed by atoms with Crippen LogP contribution >= 0.6 is 19.2 Å². The average molecular weight is 480 g/mol. The van der Waals surface area contributed by atoms with Crippen LogP contribution in [0, 0.1) is 6.92 Å². The zero-order valence-corrected chi connectivity index (χ0v) is 21.0.